The average Bonchev–Trinajstić information content (AvgIpc) is 3.28. The zero-order valence-corrected chi connectivity index (χ0v) is 18.2. The van der Waals surface area contributed by atoms with Gasteiger partial charge in [-0.1, -0.05) is 28.9 Å². The van der Waals surface area contributed by atoms with E-state index in [1.54, 1.807) is 12.1 Å². The summed E-state index contributed by atoms with van der Waals surface area (Å²) in [6.07, 6.45) is -4.46. The fourth-order valence-corrected chi connectivity index (χ4v) is 3.94. The second kappa shape index (κ2) is 8.99. The molecule has 12 heteroatoms. The van der Waals surface area contributed by atoms with E-state index < -0.39 is 16.7 Å². The highest BCUT2D eigenvalue weighted by Crippen LogP contribution is 2.34. The van der Waals surface area contributed by atoms with Gasteiger partial charge in [-0.15, -0.1) is 0 Å². The highest BCUT2D eigenvalue weighted by Gasteiger charge is 2.32. The Morgan fingerprint density at radius 2 is 1.88 bits per heavy atom. The minimum Gasteiger partial charge on any atom is -0.363 e. The van der Waals surface area contributed by atoms with Crippen molar-refractivity contribution >= 4 is 23.0 Å². The summed E-state index contributed by atoms with van der Waals surface area (Å²) in [4.78, 5) is 19.2. The maximum atomic E-state index is 13.0. The molecule has 3 aromatic rings. The Morgan fingerprint density at radius 3 is 2.55 bits per heavy atom. The van der Waals surface area contributed by atoms with Crippen molar-refractivity contribution in [3.8, 4) is 11.4 Å². The van der Waals surface area contributed by atoms with E-state index >= 15 is 0 Å². The fourth-order valence-electron chi connectivity index (χ4n) is 3.77. The largest absolute Gasteiger partial charge is 0.416 e. The second-order valence-corrected chi connectivity index (χ2v) is 8.06. The van der Waals surface area contributed by atoms with Crippen LogP contribution in [0.5, 0.6) is 0 Å². The summed E-state index contributed by atoms with van der Waals surface area (Å²) in [6.45, 7) is 4.07. The number of benzene rings is 2. The molecule has 0 saturated carbocycles. The number of hydrogen-bond acceptors (Lipinski definition) is 7. The number of anilines is 1. The lowest BCUT2D eigenvalue weighted by Crippen LogP contribution is -2.47. The van der Waals surface area contributed by atoms with E-state index in [-0.39, 0.29) is 29.0 Å². The van der Waals surface area contributed by atoms with E-state index in [2.05, 4.69) is 15.0 Å². The first-order chi connectivity index (χ1) is 15.6. The Kier molecular flexibility index (Phi) is 6.26. The second-order valence-electron chi connectivity index (χ2n) is 7.62. The van der Waals surface area contributed by atoms with Crippen molar-refractivity contribution in [1.82, 2.24) is 15.0 Å². The monoisotopic (exact) mass is 481 g/mol. The minimum absolute atomic E-state index is 0.0494. The number of hydrogen-bond donors (Lipinski definition) is 0. The van der Waals surface area contributed by atoms with Crippen LogP contribution in [0.15, 0.2) is 47.0 Å². The SMILES string of the molecule is CC(c1nc(-c2cccc(C(F)(F)F)c2)no1)N1CCN(c2ccc(Cl)cc2[N+](=O)[O-])CC1. The molecular weight excluding hydrogens is 463 g/mol. The van der Waals surface area contributed by atoms with Gasteiger partial charge in [0, 0.05) is 42.8 Å². The van der Waals surface area contributed by atoms with E-state index in [9.17, 15) is 23.3 Å². The van der Waals surface area contributed by atoms with Crippen molar-refractivity contribution in [3.63, 3.8) is 0 Å². The van der Waals surface area contributed by atoms with E-state index in [1.165, 1.54) is 18.2 Å². The van der Waals surface area contributed by atoms with Crippen molar-refractivity contribution in [3.05, 3.63) is 69.1 Å². The molecule has 0 radical (unpaired) electrons. The molecule has 174 valence electrons. The van der Waals surface area contributed by atoms with Gasteiger partial charge in [0.1, 0.15) is 5.69 Å². The van der Waals surface area contributed by atoms with Crippen LogP contribution in [0.2, 0.25) is 5.02 Å². The molecule has 0 N–H and O–H groups in total. The van der Waals surface area contributed by atoms with E-state index in [0.29, 0.717) is 36.9 Å². The van der Waals surface area contributed by atoms with Crippen LogP contribution in [-0.4, -0.2) is 46.1 Å². The molecular formula is C21H19ClF3N5O3. The molecule has 1 unspecified atom stereocenters. The third-order valence-electron chi connectivity index (χ3n) is 5.58. The normalized spacial score (nSPS) is 16.1. The predicted octanol–water partition coefficient (Wildman–Crippen LogP) is 5.20. The van der Waals surface area contributed by atoms with E-state index in [4.69, 9.17) is 16.1 Å². The van der Waals surface area contributed by atoms with Crippen LogP contribution < -0.4 is 4.90 Å². The third kappa shape index (κ3) is 4.93. The molecule has 0 bridgehead atoms. The topological polar surface area (TPSA) is 88.5 Å². The van der Waals surface area contributed by atoms with Crippen LogP contribution in [-0.2, 0) is 6.18 Å². The molecule has 33 heavy (non-hydrogen) atoms. The molecule has 1 aliphatic heterocycles. The molecule has 1 saturated heterocycles. The van der Waals surface area contributed by atoms with Gasteiger partial charge < -0.3 is 9.42 Å². The summed E-state index contributed by atoms with van der Waals surface area (Å²) in [5.74, 6) is 0.367. The number of rotatable bonds is 5. The maximum absolute atomic E-state index is 13.0. The lowest BCUT2D eigenvalue weighted by molar-refractivity contribution is -0.384. The first-order valence-electron chi connectivity index (χ1n) is 10.1. The number of aromatic nitrogens is 2. The van der Waals surface area contributed by atoms with E-state index in [1.807, 2.05) is 11.8 Å². The van der Waals surface area contributed by atoms with Crippen molar-refractivity contribution in [2.75, 3.05) is 31.1 Å². The molecule has 2 aromatic carbocycles. The molecule has 4 rings (SSSR count). The highest BCUT2D eigenvalue weighted by molar-refractivity contribution is 6.30. The average molecular weight is 482 g/mol. The van der Waals surface area contributed by atoms with Gasteiger partial charge >= 0.3 is 6.18 Å². The zero-order chi connectivity index (χ0) is 23.8. The quantitative estimate of drug-likeness (QED) is 0.365. The summed E-state index contributed by atoms with van der Waals surface area (Å²) < 4.78 is 44.3. The minimum atomic E-state index is -4.46. The van der Waals surface area contributed by atoms with Crippen LogP contribution in [0.3, 0.4) is 0 Å². The van der Waals surface area contributed by atoms with Gasteiger partial charge in [-0.05, 0) is 31.2 Å². The summed E-state index contributed by atoms with van der Waals surface area (Å²) in [5, 5.41) is 15.5. The first-order valence-corrected chi connectivity index (χ1v) is 10.5. The molecule has 0 aliphatic carbocycles. The highest BCUT2D eigenvalue weighted by atomic mass is 35.5. The van der Waals surface area contributed by atoms with Crippen molar-refractivity contribution < 1.29 is 22.6 Å². The number of nitrogens with zero attached hydrogens (tertiary/aromatic N) is 5. The molecule has 0 amide bonds. The van der Waals surface area contributed by atoms with Gasteiger partial charge in [-0.2, -0.15) is 18.2 Å². The Balaban J connectivity index is 1.45. The van der Waals surface area contributed by atoms with Gasteiger partial charge in [0.05, 0.1) is 16.5 Å². The zero-order valence-electron chi connectivity index (χ0n) is 17.4. The summed E-state index contributed by atoms with van der Waals surface area (Å²) in [7, 11) is 0. The maximum Gasteiger partial charge on any atom is 0.416 e. The number of nitro benzene ring substituents is 1. The molecule has 8 nitrogen and oxygen atoms in total. The Hall–Kier alpha value is -3.18. The number of nitro groups is 1. The summed E-state index contributed by atoms with van der Waals surface area (Å²) >= 11 is 5.90. The molecule has 0 spiro atoms. The van der Waals surface area contributed by atoms with Crippen LogP contribution in [0, 0.1) is 10.1 Å². The van der Waals surface area contributed by atoms with Gasteiger partial charge in [0.25, 0.3) is 5.69 Å². The van der Waals surface area contributed by atoms with Crippen LogP contribution in [0.4, 0.5) is 24.5 Å². The smallest absolute Gasteiger partial charge is 0.363 e. The fraction of sp³-hybridized carbons (Fsp3) is 0.333. The molecule has 2 heterocycles. The summed E-state index contributed by atoms with van der Waals surface area (Å²) in [5.41, 5.74) is -0.119. The van der Waals surface area contributed by atoms with Gasteiger partial charge in [0.2, 0.25) is 11.7 Å². The lowest BCUT2D eigenvalue weighted by Gasteiger charge is -2.37. The Labute approximate surface area is 191 Å². The van der Waals surface area contributed by atoms with Crippen LogP contribution >= 0.6 is 11.6 Å². The standard InChI is InChI=1S/C21H19ClF3N5O3/c1-13(20-26-19(27-33-20)14-3-2-4-15(11-14)21(23,24)25)28-7-9-29(10-8-28)17-6-5-16(22)12-18(17)30(31)32/h2-6,11-13H,7-10H2,1H3. The van der Waals surface area contributed by atoms with Crippen molar-refractivity contribution in [1.29, 1.82) is 0 Å². The first kappa shape index (κ1) is 23.0. The lowest BCUT2D eigenvalue weighted by atomic mass is 10.1. The van der Waals surface area contributed by atoms with Crippen LogP contribution in [0.25, 0.3) is 11.4 Å². The number of piperazine rings is 1. The molecule has 1 atom stereocenters. The van der Waals surface area contributed by atoms with Crippen molar-refractivity contribution in [2.45, 2.75) is 19.1 Å². The molecule has 1 aromatic heterocycles. The number of alkyl halides is 3. The Bertz CT molecular complexity index is 1160. The van der Waals surface area contributed by atoms with Crippen molar-refractivity contribution in [2.24, 2.45) is 0 Å². The van der Waals surface area contributed by atoms with Gasteiger partial charge in [-0.3, -0.25) is 15.0 Å². The van der Waals surface area contributed by atoms with Gasteiger partial charge in [0.15, 0.2) is 0 Å². The summed E-state index contributed by atoms with van der Waals surface area (Å²) in [6, 6.07) is 9.07. The Morgan fingerprint density at radius 1 is 1.15 bits per heavy atom. The predicted molar refractivity (Wildman–Crippen MR) is 115 cm³/mol. The van der Waals surface area contributed by atoms with E-state index in [0.717, 1.165) is 12.1 Å². The third-order valence-corrected chi connectivity index (χ3v) is 5.82. The number of halogens is 4. The van der Waals surface area contributed by atoms with Gasteiger partial charge in [-0.25, -0.2) is 0 Å². The molecule has 1 aliphatic rings. The molecule has 1 fully saturated rings. The van der Waals surface area contributed by atoms with Crippen LogP contribution in [0.1, 0.15) is 24.4 Å².